The van der Waals surface area contributed by atoms with Gasteiger partial charge >= 0.3 is 6.61 Å². The first-order chi connectivity index (χ1) is 14.3. The quantitative estimate of drug-likeness (QED) is 0.500. The van der Waals surface area contributed by atoms with E-state index in [-0.39, 0.29) is 27.9 Å². The number of nitrogens with zero attached hydrogens (tertiary/aromatic N) is 2. The topological polar surface area (TPSA) is 93.2 Å². The number of nitrogens with one attached hydrogen (secondary N) is 2. The summed E-state index contributed by atoms with van der Waals surface area (Å²) in [7, 11) is -3.50. The van der Waals surface area contributed by atoms with E-state index in [1.54, 1.807) is 0 Å². The molecule has 0 unspecified atom stereocenters. The highest BCUT2D eigenvalue weighted by Crippen LogP contribution is 2.25. The fourth-order valence-electron chi connectivity index (χ4n) is 2.46. The summed E-state index contributed by atoms with van der Waals surface area (Å²) < 4.78 is 66.9. The van der Waals surface area contributed by atoms with Gasteiger partial charge in [0, 0.05) is 11.8 Å². The average Bonchev–Trinajstić information content (AvgIpc) is 2.71. The van der Waals surface area contributed by atoms with Crippen LogP contribution in [0.2, 0.25) is 0 Å². The van der Waals surface area contributed by atoms with E-state index in [0.29, 0.717) is 11.5 Å². The molecule has 1 aromatic heterocycles. The van der Waals surface area contributed by atoms with Crippen molar-refractivity contribution < 1.29 is 26.3 Å². The van der Waals surface area contributed by atoms with Crippen LogP contribution in [-0.2, 0) is 9.84 Å². The molecule has 3 aromatic rings. The molecular weight excluding hydrogens is 421 g/mol. The van der Waals surface area contributed by atoms with Crippen molar-refractivity contribution in [3.63, 3.8) is 0 Å². The molecule has 158 valence electrons. The highest BCUT2D eigenvalue weighted by atomic mass is 32.2. The van der Waals surface area contributed by atoms with Crippen LogP contribution in [0.5, 0.6) is 5.75 Å². The molecule has 11 heteroatoms. The molecule has 3 rings (SSSR count). The first-order valence-corrected chi connectivity index (χ1v) is 10.4. The van der Waals surface area contributed by atoms with Gasteiger partial charge in [0.25, 0.3) is 0 Å². The summed E-state index contributed by atoms with van der Waals surface area (Å²) in [6, 6.07) is 10.7. The molecule has 1 heterocycles. The first kappa shape index (κ1) is 21.4. The van der Waals surface area contributed by atoms with E-state index < -0.39 is 22.3 Å². The standard InChI is InChI=1S/C19H17F3N4O3S/c1-2-30(27,28)14-7-8-15(20)16(9-14)26-18-10-17(23-11-24-18)25-12-3-5-13(6-4-12)29-19(21)22/h3-11,19H,2H2,1H3,(H2,23,24,25,26). The summed E-state index contributed by atoms with van der Waals surface area (Å²) in [6.45, 7) is -1.41. The van der Waals surface area contributed by atoms with Crippen LogP contribution in [0.4, 0.5) is 36.2 Å². The molecule has 0 spiro atoms. The van der Waals surface area contributed by atoms with Gasteiger partial charge in [-0.3, -0.25) is 0 Å². The van der Waals surface area contributed by atoms with Gasteiger partial charge in [-0.25, -0.2) is 22.8 Å². The van der Waals surface area contributed by atoms with E-state index in [1.807, 2.05) is 0 Å². The minimum absolute atomic E-state index is 0.00703. The molecule has 2 N–H and O–H groups in total. The Morgan fingerprint density at radius 2 is 1.67 bits per heavy atom. The second kappa shape index (κ2) is 8.99. The van der Waals surface area contributed by atoms with Gasteiger partial charge in [-0.15, -0.1) is 0 Å². The fraction of sp³-hybridized carbons (Fsp3) is 0.158. The summed E-state index contributed by atoms with van der Waals surface area (Å²) in [5, 5.41) is 5.68. The van der Waals surface area contributed by atoms with Gasteiger partial charge in [0.05, 0.1) is 16.3 Å². The number of hydrogen-bond acceptors (Lipinski definition) is 7. The maximum absolute atomic E-state index is 14.1. The minimum atomic E-state index is -3.50. The molecule has 2 aromatic carbocycles. The summed E-state index contributed by atoms with van der Waals surface area (Å²) >= 11 is 0. The average molecular weight is 438 g/mol. The smallest absolute Gasteiger partial charge is 0.387 e. The highest BCUT2D eigenvalue weighted by Gasteiger charge is 2.15. The molecule has 0 atom stereocenters. The van der Waals surface area contributed by atoms with E-state index in [2.05, 4.69) is 25.3 Å². The Morgan fingerprint density at radius 3 is 2.30 bits per heavy atom. The van der Waals surface area contributed by atoms with Crippen molar-refractivity contribution in [2.45, 2.75) is 18.4 Å². The van der Waals surface area contributed by atoms with Crippen LogP contribution >= 0.6 is 0 Å². The fourth-order valence-corrected chi connectivity index (χ4v) is 3.37. The highest BCUT2D eigenvalue weighted by molar-refractivity contribution is 7.91. The summed E-state index contributed by atoms with van der Waals surface area (Å²) in [6.07, 6.45) is 1.23. The lowest BCUT2D eigenvalue weighted by Crippen LogP contribution is -2.06. The number of alkyl halides is 2. The Hall–Kier alpha value is -3.34. The maximum Gasteiger partial charge on any atom is 0.387 e. The largest absolute Gasteiger partial charge is 0.435 e. The lowest BCUT2D eigenvalue weighted by atomic mass is 10.3. The lowest BCUT2D eigenvalue weighted by Gasteiger charge is -2.11. The molecule has 0 saturated heterocycles. The van der Waals surface area contributed by atoms with E-state index in [4.69, 9.17) is 0 Å². The normalized spacial score (nSPS) is 11.4. The SMILES string of the molecule is CCS(=O)(=O)c1ccc(F)c(Nc2cc(Nc3ccc(OC(F)F)cc3)ncn2)c1. The molecule has 0 aliphatic heterocycles. The van der Waals surface area contributed by atoms with Crippen molar-refractivity contribution in [1.29, 1.82) is 0 Å². The van der Waals surface area contributed by atoms with Crippen LogP contribution in [0.15, 0.2) is 59.8 Å². The summed E-state index contributed by atoms with van der Waals surface area (Å²) in [5.74, 6) is -0.186. The lowest BCUT2D eigenvalue weighted by molar-refractivity contribution is -0.0498. The van der Waals surface area contributed by atoms with Gasteiger partial charge in [-0.2, -0.15) is 8.78 Å². The van der Waals surface area contributed by atoms with Crippen LogP contribution < -0.4 is 15.4 Å². The number of benzene rings is 2. The monoisotopic (exact) mass is 438 g/mol. The second-order valence-corrected chi connectivity index (χ2v) is 8.26. The van der Waals surface area contributed by atoms with Gasteiger partial charge in [0.15, 0.2) is 9.84 Å². The van der Waals surface area contributed by atoms with E-state index >= 15 is 0 Å². The Kier molecular flexibility index (Phi) is 6.40. The zero-order valence-electron chi connectivity index (χ0n) is 15.6. The number of rotatable bonds is 8. The third kappa shape index (κ3) is 5.38. The van der Waals surface area contributed by atoms with Crippen LogP contribution in [0.3, 0.4) is 0 Å². The van der Waals surface area contributed by atoms with Crippen LogP contribution in [0.25, 0.3) is 0 Å². The molecule has 30 heavy (non-hydrogen) atoms. The van der Waals surface area contributed by atoms with Crippen LogP contribution in [0.1, 0.15) is 6.92 Å². The van der Waals surface area contributed by atoms with Gasteiger partial charge in [0.2, 0.25) is 0 Å². The molecule has 7 nitrogen and oxygen atoms in total. The molecule has 0 aliphatic rings. The van der Waals surface area contributed by atoms with Gasteiger partial charge in [0.1, 0.15) is 29.5 Å². The van der Waals surface area contributed by atoms with Gasteiger partial charge < -0.3 is 15.4 Å². The van der Waals surface area contributed by atoms with Crippen molar-refractivity contribution in [1.82, 2.24) is 9.97 Å². The Balaban J connectivity index is 1.77. The third-order valence-corrected chi connectivity index (χ3v) is 5.69. The van der Waals surface area contributed by atoms with E-state index in [9.17, 15) is 21.6 Å². The molecule has 0 amide bonds. The minimum Gasteiger partial charge on any atom is -0.435 e. The maximum atomic E-state index is 14.1. The Bertz CT molecular complexity index is 1130. The van der Waals surface area contributed by atoms with E-state index in [1.165, 1.54) is 55.7 Å². The summed E-state index contributed by atoms with van der Waals surface area (Å²) in [5.41, 5.74) is 0.492. The number of ether oxygens (including phenoxy) is 1. The number of hydrogen-bond donors (Lipinski definition) is 2. The zero-order valence-corrected chi connectivity index (χ0v) is 16.5. The van der Waals surface area contributed by atoms with Gasteiger partial charge in [-0.05, 0) is 42.5 Å². The van der Waals surface area contributed by atoms with Crippen molar-refractivity contribution >= 4 is 32.8 Å². The molecule has 0 saturated carbocycles. The number of anilines is 4. The Morgan fingerprint density at radius 1 is 1.00 bits per heavy atom. The van der Waals surface area contributed by atoms with Gasteiger partial charge in [-0.1, -0.05) is 6.92 Å². The first-order valence-electron chi connectivity index (χ1n) is 8.70. The summed E-state index contributed by atoms with van der Waals surface area (Å²) in [4.78, 5) is 8.02. The zero-order chi connectivity index (χ0) is 21.7. The van der Waals surface area contributed by atoms with E-state index in [0.717, 1.165) is 6.07 Å². The number of sulfone groups is 1. The predicted octanol–water partition coefficient (Wildman–Crippen LogP) is 4.50. The van der Waals surface area contributed by atoms with Crippen LogP contribution in [-0.4, -0.2) is 30.8 Å². The molecule has 0 fully saturated rings. The molecule has 0 aliphatic carbocycles. The third-order valence-electron chi connectivity index (χ3n) is 3.96. The molecule has 0 bridgehead atoms. The van der Waals surface area contributed by atoms with Crippen molar-refractivity contribution in [2.75, 3.05) is 16.4 Å². The van der Waals surface area contributed by atoms with Crippen molar-refractivity contribution in [2.24, 2.45) is 0 Å². The second-order valence-electron chi connectivity index (χ2n) is 5.99. The van der Waals surface area contributed by atoms with Crippen molar-refractivity contribution in [3.05, 3.63) is 60.7 Å². The van der Waals surface area contributed by atoms with Crippen molar-refractivity contribution in [3.8, 4) is 5.75 Å². The predicted molar refractivity (Wildman–Crippen MR) is 106 cm³/mol. The number of aromatic nitrogens is 2. The van der Waals surface area contributed by atoms with Crippen LogP contribution in [0, 0.1) is 5.82 Å². The Labute approximate surface area is 170 Å². The number of halogens is 3. The molecular formula is C19H17F3N4O3S. The molecule has 0 radical (unpaired) electrons.